The number of pyridine rings is 1. The van der Waals surface area contributed by atoms with Gasteiger partial charge in [0.05, 0.1) is 5.69 Å². The van der Waals surface area contributed by atoms with Gasteiger partial charge in [-0.05, 0) is 23.6 Å². The summed E-state index contributed by atoms with van der Waals surface area (Å²) in [4.78, 5) is 56.8. The van der Waals surface area contributed by atoms with Gasteiger partial charge >= 0.3 is 0 Å². The third-order valence-electron chi connectivity index (χ3n) is 4.98. The number of H-pyrrole nitrogens is 2. The molecule has 0 fully saturated rings. The molecule has 0 radical (unpaired) electrons. The summed E-state index contributed by atoms with van der Waals surface area (Å²) in [6, 6.07) is 12.4. The Labute approximate surface area is 211 Å². The Morgan fingerprint density at radius 3 is 2.36 bits per heavy atom. The van der Waals surface area contributed by atoms with E-state index in [1.165, 1.54) is 42.7 Å². The van der Waals surface area contributed by atoms with Crippen LogP contribution in [0.25, 0.3) is 5.69 Å². The lowest BCUT2D eigenvalue weighted by molar-refractivity contribution is 0.0826. The minimum Gasteiger partial charge on any atom is -0.374 e. The lowest BCUT2D eigenvalue weighted by Gasteiger charge is -2.15. The summed E-state index contributed by atoms with van der Waals surface area (Å²) in [5, 5.41) is 10.3. The van der Waals surface area contributed by atoms with Crippen LogP contribution in [-0.2, 0) is 6.54 Å². The largest absolute Gasteiger partial charge is 0.374 e. The molecule has 0 saturated heterocycles. The molecule has 1 amide bonds. The number of anilines is 3. The number of nitrogens with zero attached hydrogens (tertiary/aromatic N) is 2. The lowest BCUT2D eigenvalue weighted by atomic mass is 10.2. The Kier molecular flexibility index (Phi) is 8.63. The number of aromatic nitrogens is 3. The second-order valence-corrected chi connectivity index (χ2v) is 8.57. The summed E-state index contributed by atoms with van der Waals surface area (Å²) in [7, 11) is 3.06. The van der Waals surface area contributed by atoms with E-state index in [1.54, 1.807) is 30.3 Å². The first-order valence-corrected chi connectivity index (χ1v) is 12.2. The molecule has 0 aliphatic rings. The number of rotatable bonds is 7. The Morgan fingerprint density at radius 2 is 1.72 bits per heavy atom. The van der Waals surface area contributed by atoms with Crippen molar-refractivity contribution in [3.8, 4) is 5.69 Å². The molecule has 11 heteroatoms. The molecule has 0 unspecified atom stereocenters. The van der Waals surface area contributed by atoms with Crippen molar-refractivity contribution in [2.24, 2.45) is 0 Å². The third-order valence-corrected chi connectivity index (χ3v) is 5.86. The van der Waals surface area contributed by atoms with Crippen molar-refractivity contribution in [1.82, 2.24) is 19.7 Å². The predicted octanol–water partition coefficient (Wildman–Crippen LogP) is 3.36. The highest BCUT2D eigenvalue weighted by Gasteiger charge is 2.20. The molecule has 3 heterocycles. The molecule has 0 aliphatic heterocycles. The van der Waals surface area contributed by atoms with Crippen molar-refractivity contribution in [3.05, 3.63) is 102 Å². The normalized spacial score (nSPS) is 10.2. The summed E-state index contributed by atoms with van der Waals surface area (Å²) >= 11 is 1.50. The predicted molar refractivity (Wildman–Crippen MR) is 144 cm³/mol. The van der Waals surface area contributed by atoms with Gasteiger partial charge in [0.15, 0.2) is 0 Å². The fourth-order valence-corrected chi connectivity index (χ4v) is 3.93. The van der Waals surface area contributed by atoms with E-state index in [0.717, 1.165) is 9.56 Å². The number of para-hydroxylation sites is 1. The van der Waals surface area contributed by atoms with Crippen molar-refractivity contribution >= 4 is 34.3 Å². The number of amides is 1. The second-order valence-electron chi connectivity index (χ2n) is 7.54. The molecule has 36 heavy (non-hydrogen) atoms. The van der Waals surface area contributed by atoms with Gasteiger partial charge in [0, 0.05) is 37.9 Å². The van der Waals surface area contributed by atoms with E-state index in [-0.39, 0.29) is 22.6 Å². The summed E-state index contributed by atoms with van der Waals surface area (Å²) in [5.74, 6) is -0.492. The highest BCUT2D eigenvalue weighted by Crippen LogP contribution is 2.19. The van der Waals surface area contributed by atoms with Gasteiger partial charge in [0.1, 0.15) is 22.6 Å². The fraction of sp³-hybridized carbons (Fsp3) is 0.200. The molecule has 3 aromatic heterocycles. The minimum absolute atomic E-state index is 0.0191. The van der Waals surface area contributed by atoms with E-state index in [9.17, 15) is 19.2 Å². The first-order chi connectivity index (χ1) is 17.4. The van der Waals surface area contributed by atoms with Crippen LogP contribution in [0.4, 0.5) is 17.1 Å². The molecule has 0 bridgehead atoms. The van der Waals surface area contributed by atoms with Crippen LogP contribution in [0.3, 0.4) is 0 Å². The number of hydrogen-bond donors (Lipinski definition) is 4. The van der Waals surface area contributed by atoms with Gasteiger partial charge in [-0.2, -0.15) is 0 Å². The Bertz CT molecular complexity index is 1490. The van der Waals surface area contributed by atoms with E-state index < -0.39 is 22.5 Å². The van der Waals surface area contributed by atoms with Gasteiger partial charge in [-0.15, -0.1) is 11.3 Å². The number of carbonyl (C=O) groups excluding carboxylic acids is 1. The van der Waals surface area contributed by atoms with Crippen LogP contribution >= 0.6 is 11.3 Å². The monoisotopic (exact) mass is 508 g/mol. The maximum absolute atomic E-state index is 13.5. The van der Waals surface area contributed by atoms with Crippen LogP contribution in [-0.4, -0.2) is 39.7 Å². The molecular formula is C25H28N6O4S. The zero-order chi connectivity index (χ0) is 26.2. The van der Waals surface area contributed by atoms with Crippen molar-refractivity contribution in [2.75, 3.05) is 24.7 Å². The molecular weight excluding hydrogens is 480 g/mol. The number of benzene rings is 1. The van der Waals surface area contributed by atoms with Crippen LogP contribution in [0.5, 0.6) is 0 Å². The van der Waals surface area contributed by atoms with Crippen LogP contribution in [0.15, 0.2) is 74.6 Å². The fourth-order valence-electron chi connectivity index (χ4n) is 3.28. The molecule has 4 rings (SSSR count). The lowest BCUT2D eigenvalue weighted by Crippen LogP contribution is -2.33. The minimum atomic E-state index is -0.604. The smallest absolute Gasteiger partial charge is 0.295 e. The number of nitrogens with one attached hydrogen (secondary N) is 4. The topological polar surface area (TPSA) is 132 Å². The van der Waals surface area contributed by atoms with Gasteiger partial charge in [-0.25, -0.2) is 4.68 Å². The van der Waals surface area contributed by atoms with Gasteiger partial charge in [-0.1, -0.05) is 38.1 Å². The van der Waals surface area contributed by atoms with Crippen molar-refractivity contribution in [1.29, 1.82) is 0 Å². The number of thiophene rings is 1. The van der Waals surface area contributed by atoms with Crippen molar-refractivity contribution < 1.29 is 4.79 Å². The zero-order valence-corrected chi connectivity index (χ0v) is 21.2. The molecule has 1 aromatic carbocycles. The maximum Gasteiger partial charge on any atom is 0.295 e. The SMILES string of the molecule is CC.CN(C)C(=O)c1c[nH]cc(Nc2c(NCc3cccs3)c(=O)[nH]n(-c3ccccc3)c2=O)c1=O. The quantitative estimate of drug-likeness (QED) is 0.303. The highest BCUT2D eigenvalue weighted by atomic mass is 32.1. The standard InChI is InChI=1S/C23H22N6O4S.C2H6/c1-28(2)22(32)16-12-24-13-17(20(16)30)26-19-18(25-11-15-9-6-10-34-15)21(31)27-29(23(19)33)14-7-4-3-5-8-14;1-2/h3-10,12-13,25-26H,11H2,1-2H3,(H,24,30)(H,27,31);1-2H3. The number of carbonyl (C=O) groups is 1. The first-order valence-electron chi connectivity index (χ1n) is 11.3. The van der Waals surface area contributed by atoms with Crippen LogP contribution in [0.2, 0.25) is 0 Å². The van der Waals surface area contributed by atoms with Crippen molar-refractivity contribution in [2.45, 2.75) is 20.4 Å². The van der Waals surface area contributed by atoms with Crippen LogP contribution < -0.4 is 27.2 Å². The summed E-state index contributed by atoms with van der Waals surface area (Å²) in [6.07, 6.45) is 2.64. The van der Waals surface area contributed by atoms with Crippen LogP contribution in [0, 0.1) is 0 Å². The van der Waals surface area contributed by atoms with Crippen molar-refractivity contribution in [3.63, 3.8) is 0 Å². The molecule has 0 atom stereocenters. The summed E-state index contributed by atoms with van der Waals surface area (Å²) in [5.41, 5.74) is -1.58. The molecule has 4 aromatic rings. The average Bonchev–Trinajstić information content (AvgIpc) is 3.41. The zero-order valence-electron chi connectivity index (χ0n) is 20.4. The maximum atomic E-state index is 13.5. The molecule has 10 nitrogen and oxygen atoms in total. The Balaban J connectivity index is 0.00000176. The number of hydrogen-bond acceptors (Lipinski definition) is 7. The second kappa shape index (κ2) is 11.8. The molecule has 0 saturated carbocycles. The summed E-state index contributed by atoms with van der Waals surface area (Å²) < 4.78 is 1.10. The van der Waals surface area contributed by atoms with E-state index in [1.807, 2.05) is 31.4 Å². The van der Waals surface area contributed by atoms with Gasteiger partial charge in [0.25, 0.3) is 17.0 Å². The Morgan fingerprint density at radius 1 is 1.00 bits per heavy atom. The Hall–Kier alpha value is -4.38. The van der Waals surface area contributed by atoms with E-state index in [2.05, 4.69) is 20.7 Å². The van der Waals surface area contributed by atoms with Gasteiger partial charge < -0.3 is 20.5 Å². The van der Waals surface area contributed by atoms with Gasteiger partial charge in [0.2, 0.25) is 5.43 Å². The molecule has 0 spiro atoms. The molecule has 0 aliphatic carbocycles. The van der Waals surface area contributed by atoms with E-state index in [0.29, 0.717) is 12.2 Å². The highest BCUT2D eigenvalue weighted by molar-refractivity contribution is 7.09. The average molecular weight is 509 g/mol. The summed E-state index contributed by atoms with van der Waals surface area (Å²) in [6.45, 7) is 4.31. The molecule has 188 valence electrons. The third kappa shape index (κ3) is 5.63. The number of aromatic amines is 2. The van der Waals surface area contributed by atoms with E-state index in [4.69, 9.17) is 0 Å². The molecule has 4 N–H and O–H groups in total. The van der Waals surface area contributed by atoms with Crippen LogP contribution in [0.1, 0.15) is 29.1 Å². The first kappa shape index (κ1) is 26.2. The van der Waals surface area contributed by atoms with E-state index >= 15 is 0 Å². The van der Waals surface area contributed by atoms with Gasteiger partial charge in [-0.3, -0.25) is 24.3 Å².